The standard InChI is InChI=1S/C30H30ClNO4/c1-6-18-7-9-19(10-8-18)26-25(27(33)20-11-16-24(36-5)23(31)17-20)28(34)29(35)32(26)22-14-12-21(13-15-22)30(2,3)4/h7-17,26,33H,6H2,1-5H3/b27-25-. The highest BCUT2D eigenvalue weighted by Crippen LogP contribution is 2.43. The second-order valence-electron chi connectivity index (χ2n) is 9.91. The van der Waals surface area contributed by atoms with Gasteiger partial charge in [0.25, 0.3) is 11.7 Å². The molecule has 1 fully saturated rings. The van der Waals surface area contributed by atoms with Gasteiger partial charge < -0.3 is 9.84 Å². The fourth-order valence-electron chi connectivity index (χ4n) is 4.44. The summed E-state index contributed by atoms with van der Waals surface area (Å²) in [5.41, 5.74) is 3.85. The Bertz CT molecular complexity index is 1330. The van der Waals surface area contributed by atoms with Crippen LogP contribution in [-0.2, 0) is 21.4 Å². The van der Waals surface area contributed by atoms with Crippen molar-refractivity contribution in [1.82, 2.24) is 0 Å². The average Bonchev–Trinajstić information content (AvgIpc) is 3.13. The van der Waals surface area contributed by atoms with Gasteiger partial charge in [-0.2, -0.15) is 0 Å². The lowest BCUT2D eigenvalue weighted by Gasteiger charge is -2.27. The molecule has 0 saturated carbocycles. The lowest BCUT2D eigenvalue weighted by atomic mass is 9.87. The van der Waals surface area contributed by atoms with Gasteiger partial charge in [0.1, 0.15) is 11.5 Å². The van der Waals surface area contributed by atoms with Gasteiger partial charge in [-0.05, 0) is 58.9 Å². The van der Waals surface area contributed by atoms with E-state index >= 15 is 0 Å². The molecule has 0 spiro atoms. The predicted octanol–water partition coefficient (Wildman–Crippen LogP) is 6.83. The van der Waals surface area contributed by atoms with Crippen LogP contribution in [0.2, 0.25) is 5.02 Å². The van der Waals surface area contributed by atoms with Crippen LogP contribution in [-0.4, -0.2) is 23.9 Å². The normalized spacial score (nSPS) is 17.5. The summed E-state index contributed by atoms with van der Waals surface area (Å²) in [5.74, 6) is -1.27. The third-order valence-corrected chi connectivity index (χ3v) is 6.88. The molecule has 0 bridgehead atoms. The van der Waals surface area contributed by atoms with Crippen molar-refractivity contribution < 1.29 is 19.4 Å². The summed E-state index contributed by atoms with van der Waals surface area (Å²) >= 11 is 6.29. The first-order chi connectivity index (χ1) is 17.1. The zero-order valence-electron chi connectivity index (χ0n) is 21.1. The summed E-state index contributed by atoms with van der Waals surface area (Å²) in [7, 11) is 1.50. The van der Waals surface area contributed by atoms with Crippen molar-refractivity contribution in [1.29, 1.82) is 0 Å². The number of ether oxygens (including phenoxy) is 1. The van der Waals surface area contributed by atoms with Gasteiger partial charge in [-0.3, -0.25) is 14.5 Å². The maximum absolute atomic E-state index is 13.4. The summed E-state index contributed by atoms with van der Waals surface area (Å²) in [4.78, 5) is 28.2. The van der Waals surface area contributed by atoms with Crippen LogP contribution in [0.15, 0.2) is 72.3 Å². The van der Waals surface area contributed by atoms with Gasteiger partial charge in [0.15, 0.2) is 0 Å². The highest BCUT2D eigenvalue weighted by molar-refractivity contribution is 6.51. The first-order valence-electron chi connectivity index (χ1n) is 11.9. The SMILES string of the molecule is CCc1ccc(C2/C(=C(/O)c3ccc(OC)c(Cl)c3)C(=O)C(=O)N2c2ccc(C(C)(C)C)cc2)cc1. The Balaban J connectivity index is 1.90. The molecular formula is C30H30ClNO4. The number of halogens is 1. The molecule has 0 aliphatic carbocycles. The van der Waals surface area contributed by atoms with E-state index in [-0.39, 0.29) is 21.8 Å². The molecule has 1 N–H and O–H groups in total. The maximum atomic E-state index is 13.4. The Labute approximate surface area is 217 Å². The molecule has 1 aliphatic heterocycles. The first kappa shape index (κ1) is 25.5. The van der Waals surface area contributed by atoms with Crippen LogP contribution in [0.4, 0.5) is 5.69 Å². The molecule has 3 aromatic carbocycles. The van der Waals surface area contributed by atoms with Gasteiger partial charge >= 0.3 is 0 Å². The quantitative estimate of drug-likeness (QED) is 0.235. The number of amides is 1. The number of aliphatic hydroxyl groups is 1. The number of methoxy groups -OCH3 is 1. The predicted molar refractivity (Wildman–Crippen MR) is 144 cm³/mol. The number of anilines is 1. The Hall–Kier alpha value is -3.57. The number of ketones is 1. The molecule has 186 valence electrons. The number of carbonyl (C=O) groups is 2. The molecule has 1 saturated heterocycles. The minimum Gasteiger partial charge on any atom is -0.507 e. The molecule has 1 heterocycles. The molecule has 36 heavy (non-hydrogen) atoms. The van der Waals surface area contributed by atoms with Crippen molar-refractivity contribution in [3.8, 4) is 5.75 Å². The van der Waals surface area contributed by atoms with E-state index < -0.39 is 17.7 Å². The van der Waals surface area contributed by atoms with E-state index in [1.54, 1.807) is 12.1 Å². The van der Waals surface area contributed by atoms with Crippen molar-refractivity contribution in [3.63, 3.8) is 0 Å². The fraction of sp³-hybridized carbons (Fsp3) is 0.267. The minimum atomic E-state index is -0.794. The topological polar surface area (TPSA) is 66.8 Å². The van der Waals surface area contributed by atoms with Crippen LogP contribution in [0.5, 0.6) is 5.75 Å². The van der Waals surface area contributed by atoms with Gasteiger partial charge in [0, 0.05) is 11.3 Å². The molecule has 4 rings (SSSR count). The molecule has 3 aromatic rings. The number of aryl methyl sites for hydroxylation is 1. The van der Waals surface area contributed by atoms with E-state index in [1.807, 2.05) is 48.5 Å². The lowest BCUT2D eigenvalue weighted by Crippen LogP contribution is -2.29. The Kier molecular flexibility index (Phi) is 6.96. The smallest absolute Gasteiger partial charge is 0.300 e. The molecule has 1 atom stereocenters. The van der Waals surface area contributed by atoms with Gasteiger partial charge in [-0.25, -0.2) is 0 Å². The Morgan fingerprint density at radius 1 is 1.00 bits per heavy atom. The van der Waals surface area contributed by atoms with Gasteiger partial charge in [-0.1, -0.05) is 75.7 Å². The minimum absolute atomic E-state index is 0.0189. The number of rotatable bonds is 5. The number of hydrogen-bond acceptors (Lipinski definition) is 4. The van der Waals surface area contributed by atoms with Crippen LogP contribution < -0.4 is 9.64 Å². The third-order valence-electron chi connectivity index (χ3n) is 6.58. The molecule has 6 heteroatoms. The number of carbonyl (C=O) groups excluding carboxylic acids is 2. The largest absolute Gasteiger partial charge is 0.507 e. The second-order valence-corrected chi connectivity index (χ2v) is 10.3. The van der Waals surface area contributed by atoms with Crippen molar-refractivity contribution in [2.24, 2.45) is 0 Å². The fourth-order valence-corrected chi connectivity index (χ4v) is 4.70. The number of hydrogen-bond donors (Lipinski definition) is 1. The van der Waals surface area contributed by atoms with Gasteiger partial charge in [-0.15, -0.1) is 0 Å². The van der Waals surface area contributed by atoms with Crippen molar-refractivity contribution >= 4 is 34.7 Å². The highest BCUT2D eigenvalue weighted by Gasteiger charge is 2.47. The third kappa shape index (κ3) is 4.63. The summed E-state index contributed by atoms with van der Waals surface area (Å²) < 4.78 is 5.21. The van der Waals surface area contributed by atoms with E-state index in [4.69, 9.17) is 16.3 Å². The lowest BCUT2D eigenvalue weighted by molar-refractivity contribution is -0.132. The average molecular weight is 504 g/mol. The Morgan fingerprint density at radius 3 is 2.17 bits per heavy atom. The monoisotopic (exact) mass is 503 g/mol. The second kappa shape index (κ2) is 9.82. The van der Waals surface area contributed by atoms with Crippen LogP contribution in [0.1, 0.15) is 56.0 Å². The number of aliphatic hydroxyl groups excluding tert-OH is 1. The van der Waals surface area contributed by atoms with Crippen LogP contribution in [0.3, 0.4) is 0 Å². The summed E-state index contributed by atoms with van der Waals surface area (Å²) in [6.07, 6.45) is 0.860. The molecular weight excluding hydrogens is 474 g/mol. The van der Waals surface area contributed by atoms with E-state index in [1.165, 1.54) is 18.1 Å². The van der Waals surface area contributed by atoms with Crippen LogP contribution in [0, 0.1) is 0 Å². The van der Waals surface area contributed by atoms with Gasteiger partial charge in [0.2, 0.25) is 0 Å². The van der Waals surface area contributed by atoms with Crippen molar-refractivity contribution in [2.45, 2.75) is 45.6 Å². The van der Waals surface area contributed by atoms with Gasteiger partial charge in [0.05, 0.1) is 23.7 Å². The highest BCUT2D eigenvalue weighted by atomic mass is 35.5. The van der Waals surface area contributed by atoms with E-state index in [0.29, 0.717) is 17.0 Å². The molecule has 1 amide bonds. The molecule has 0 aromatic heterocycles. The number of benzene rings is 3. The first-order valence-corrected chi connectivity index (χ1v) is 12.3. The Morgan fingerprint density at radius 2 is 1.64 bits per heavy atom. The van der Waals surface area contributed by atoms with E-state index in [9.17, 15) is 14.7 Å². The molecule has 1 unspecified atom stereocenters. The zero-order valence-corrected chi connectivity index (χ0v) is 21.9. The molecule has 0 radical (unpaired) electrons. The van der Waals surface area contributed by atoms with E-state index in [0.717, 1.165) is 23.1 Å². The number of nitrogens with zero attached hydrogens (tertiary/aromatic N) is 1. The zero-order chi connectivity index (χ0) is 26.2. The van der Waals surface area contributed by atoms with Crippen molar-refractivity contribution in [2.75, 3.05) is 12.0 Å². The van der Waals surface area contributed by atoms with E-state index in [2.05, 4.69) is 27.7 Å². The molecule has 5 nitrogen and oxygen atoms in total. The number of Topliss-reactive ketones (excluding diaryl/α,β-unsaturated/α-hetero) is 1. The maximum Gasteiger partial charge on any atom is 0.300 e. The summed E-state index contributed by atoms with van der Waals surface area (Å²) in [6, 6.07) is 19.4. The molecule has 1 aliphatic rings. The summed E-state index contributed by atoms with van der Waals surface area (Å²) in [6.45, 7) is 8.40. The van der Waals surface area contributed by atoms with Crippen molar-refractivity contribution in [3.05, 3.63) is 99.6 Å². The summed E-state index contributed by atoms with van der Waals surface area (Å²) in [5, 5.41) is 11.6. The van der Waals surface area contributed by atoms with Crippen LogP contribution in [0.25, 0.3) is 5.76 Å². The van der Waals surface area contributed by atoms with Crippen LogP contribution >= 0.6 is 11.6 Å².